The summed E-state index contributed by atoms with van der Waals surface area (Å²) in [7, 11) is 0. The van der Waals surface area contributed by atoms with E-state index in [4.69, 9.17) is 0 Å². The largest absolute Gasteiger partial charge is 0.353 e. The molecule has 1 fully saturated rings. The highest BCUT2D eigenvalue weighted by Crippen LogP contribution is 2.23. The van der Waals surface area contributed by atoms with Crippen molar-refractivity contribution in [3.63, 3.8) is 0 Å². The lowest BCUT2D eigenvalue weighted by Gasteiger charge is -2.38. The van der Waals surface area contributed by atoms with Gasteiger partial charge in [0, 0.05) is 32.2 Å². The number of aromatic nitrogens is 4. The van der Waals surface area contributed by atoms with Gasteiger partial charge in [0.05, 0.1) is 0 Å². The lowest BCUT2D eigenvalue weighted by molar-refractivity contribution is 0.198. The maximum Gasteiger partial charge on any atom is 0.178 e. The Morgan fingerprint density at radius 2 is 1.68 bits per heavy atom. The Balaban J connectivity index is 1.45. The fraction of sp³-hybridized carbons (Fsp3) is 0.389. The fourth-order valence-electron chi connectivity index (χ4n) is 3.35. The maximum atomic E-state index is 13.1. The van der Waals surface area contributed by atoms with Crippen LogP contribution in [0.15, 0.2) is 36.4 Å². The van der Waals surface area contributed by atoms with Crippen LogP contribution in [0.4, 0.5) is 10.2 Å². The molecule has 0 N–H and O–H groups in total. The highest BCUT2D eigenvalue weighted by molar-refractivity contribution is 5.46. The summed E-state index contributed by atoms with van der Waals surface area (Å²) in [5, 5.41) is 12.8. The molecule has 1 aromatic carbocycles. The van der Waals surface area contributed by atoms with E-state index in [1.54, 1.807) is 4.52 Å². The molecule has 1 saturated heterocycles. The SMILES string of the molecule is Cc1nnc2ccc(N3CCN([C@@H](C)c4ccc(F)cc4)CC3)nn12. The molecule has 0 unspecified atom stereocenters. The molecule has 6 nitrogen and oxygen atoms in total. The molecule has 1 atom stereocenters. The second-order valence-electron chi connectivity index (χ2n) is 6.46. The van der Waals surface area contributed by atoms with Crippen LogP contribution in [0, 0.1) is 12.7 Å². The molecular weight excluding hydrogens is 319 g/mol. The van der Waals surface area contributed by atoms with E-state index >= 15 is 0 Å². The average Bonchev–Trinajstić information content (AvgIpc) is 3.02. The third-order valence-electron chi connectivity index (χ3n) is 4.94. The van der Waals surface area contributed by atoms with E-state index in [0.29, 0.717) is 0 Å². The first kappa shape index (κ1) is 16.0. The first-order valence-corrected chi connectivity index (χ1v) is 8.55. The summed E-state index contributed by atoms with van der Waals surface area (Å²) < 4.78 is 14.9. The third kappa shape index (κ3) is 3.07. The number of nitrogens with zero attached hydrogens (tertiary/aromatic N) is 6. The van der Waals surface area contributed by atoms with E-state index in [9.17, 15) is 4.39 Å². The first-order valence-electron chi connectivity index (χ1n) is 8.55. The molecule has 0 radical (unpaired) electrons. The normalized spacial score (nSPS) is 17.2. The Morgan fingerprint density at radius 1 is 0.960 bits per heavy atom. The van der Waals surface area contributed by atoms with Gasteiger partial charge in [-0.3, -0.25) is 4.90 Å². The van der Waals surface area contributed by atoms with E-state index in [1.165, 1.54) is 12.1 Å². The summed E-state index contributed by atoms with van der Waals surface area (Å²) in [6, 6.07) is 11.0. The predicted molar refractivity (Wildman–Crippen MR) is 94.1 cm³/mol. The molecule has 1 aliphatic rings. The van der Waals surface area contributed by atoms with Crippen molar-refractivity contribution >= 4 is 11.5 Å². The molecule has 4 rings (SSSR count). The van der Waals surface area contributed by atoms with Crippen LogP contribution in [0.25, 0.3) is 5.65 Å². The van der Waals surface area contributed by atoms with Crippen molar-refractivity contribution in [1.82, 2.24) is 24.7 Å². The maximum absolute atomic E-state index is 13.1. The quantitative estimate of drug-likeness (QED) is 0.733. The highest BCUT2D eigenvalue weighted by Gasteiger charge is 2.23. The molecule has 2 aromatic heterocycles. The summed E-state index contributed by atoms with van der Waals surface area (Å²) in [6.07, 6.45) is 0. The summed E-state index contributed by atoms with van der Waals surface area (Å²) >= 11 is 0. The van der Waals surface area contributed by atoms with Crippen molar-refractivity contribution in [2.45, 2.75) is 19.9 Å². The smallest absolute Gasteiger partial charge is 0.178 e. The molecule has 130 valence electrons. The van der Waals surface area contributed by atoms with Gasteiger partial charge in [-0.25, -0.2) is 4.39 Å². The zero-order chi connectivity index (χ0) is 17.4. The topological polar surface area (TPSA) is 49.6 Å². The van der Waals surface area contributed by atoms with Crippen molar-refractivity contribution in [2.75, 3.05) is 31.1 Å². The lowest BCUT2D eigenvalue weighted by Crippen LogP contribution is -2.47. The van der Waals surface area contributed by atoms with Gasteiger partial charge < -0.3 is 4.90 Å². The zero-order valence-electron chi connectivity index (χ0n) is 14.4. The summed E-state index contributed by atoms with van der Waals surface area (Å²) in [5.74, 6) is 1.55. The monoisotopic (exact) mass is 340 g/mol. The molecule has 25 heavy (non-hydrogen) atoms. The number of anilines is 1. The van der Waals surface area contributed by atoms with Gasteiger partial charge in [0.25, 0.3) is 0 Å². The van der Waals surface area contributed by atoms with Gasteiger partial charge in [0.15, 0.2) is 11.5 Å². The Bertz CT molecular complexity index is 867. The van der Waals surface area contributed by atoms with E-state index in [0.717, 1.165) is 49.0 Å². The molecule has 7 heteroatoms. The van der Waals surface area contributed by atoms with Gasteiger partial charge in [0.1, 0.15) is 11.6 Å². The number of rotatable bonds is 3. The lowest BCUT2D eigenvalue weighted by atomic mass is 10.1. The molecule has 0 amide bonds. The minimum Gasteiger partial charge on any atom is -0.353 e. The van der Waals surface area contributed by atoms with Crippen LogP contribution >= 0.6 is 0 Å². The Kier molecular flexibility index (Phi) is 4.09. The number of aryl methyl sites for hydroxylation is 1. The van der Waals surface area contributed by atoms with Crippen LogP contribution in [-0.4, -0.2) is 50.9 Å². The van der Waals surface area contributed by atoms with E-state index in [1.807, 2.05) is 31.2 Å². The standard InChI is InChI=1S/C18H21FN6/c1-13(15-3-5-16(19)6-4-15)23-9-11-24(12-10-23)18-8-7-17-21-20-14(2)25(17)22-18/h3-8,13H,9-12H2,1-2H3/t13-/m0/s1. The van der Waals surface area contributed by atoms with Crippen molar-refractivity contribution in [3.05, 3.63) is 53.6 Å². The van der Waals surface area contributed by atoms with Crippen LogP contribution in [0.5, 0.6) is 0 Å². The molecule has 3 aromatic rings. The highest BCUT2D eigenvalue weighted by atomic mass is 19.1. The number of hydrogen-bond acceptors (Lipinski definition) is 5. The van der Waals surface area contributed by atoms with Gasteiger partial charge >= 0.3 is 0 Å². The summed E-state index contributed by atoms with van der Waals surface area (Å²) in [4.78, 5) is 4.71. The van der Waals surface area contributed by atoms with Gasteiger partial charge in [-0.15, -0.1) is 15.3 Å². The fourth-order valence-corrected chi connectivity index (χ4v) is 3.35. The van der Waals surface area contributed by atoms with E-state index < -0.39 is 0 Å². The number of hydrogen-bond donors (Lipinski definition) is 0. The second-order valence-corrected chi connectivity index (χ2v) is 6.46. The van der Waals surface area contributed by atoms with Crippen LogP contribution in [0.1, 0.15) is 24.4 Å². The molecule has 0 bridgehead atoms. The number of halogens is 1. The average molecular weight is 340 g/mol. The minimum absolute atomic E-state index is 0.188. The molecular formula is C18H21FN6. The van der Waals surface area contributed by atoms with E-state index in [2.05, 4.69) is 32.0 Å². The van der Waals surface area contributed by atoms with Gasteiger partial charge in [-0.2, -0.15) is 4.52 Å². The second kappa shape index (κ2) is 6.40. The van der Waals surface area contributed by atoms with Gasteiger partial charge in [-0.05, 0) is 43.7 Å². The van der Waals surface area contributed by atoms with Crippen molar-refractivity contribution in [3.8, 4) is 0 Å². The Hall–Kier alpha value is -2.54. The predicted octanol–water partition coefficient (Wildman–Crippen LogP) is 2.46. The molecule has 3 heterocycles. The van der Waals surface area contributed by atoms with Crippen LogP contribution in [0.2, 0.25) is 0 Å². The van der Waals surface area contributed by atoms with Gasteiger partial charge in [-0.1, -0.05) is 12.1 Å². The molecule has 0 aliphatic carbocycles. The van der Waals surface area contributed by atoms with Crippen LogP contribution in [0.3, 0.4) is 0 Å². The molecule has 0 spiro atoms. The summed E-state index contributed by atoms with van der Waals surface area (Å²) in [5.41, 5.74) is 1.92. The van der Waals surface area contributed by atoms with Crippen molar-refractivity contribution in [1.29, 1.82) is 0 Å². The van der Waals surface area contributed by atoms with Gasteiger partial charge in [0.2, 0.25) is 0 Å². The summed E-state index contributed by atoms with van der Waals surface area (Å²) in [6.45, 7) is 7.78. The first-order chi connectivity index (χ1) is 12.1. The minimum atomic E-state index is -0.188. The number of benzene rings is 1. The van der Waals surface area contributed by atoms with Crippen molar-refractivity contribution < 1.29 is 4.39 Å². The van der Waals surface area contributed by atoms with Crippen molar-refractivity contribution in [2.24, 2.45) is 0 Å². The number of piperazine rings is 1. The number of fused-ring (bicyclic) bond motifs is 1. The third-order valence-corrected chi connectivity index (χ3v) is 4.94. The Labute approximate surface area is 145 Å². The van der Waals surface area contributed by atoms with Crippen LogP contribution in [-0.2, 0) is 0 Å². The molecule has 1 aliphatic heterocycles. The Morgan fingerprint density at radius 3 is 2.40 bits per heavy atom. The zero-order valence-corrected chi connectivity index (χ0v) is 14.4. The van der Waals surface area contributed by atoms with E-state index in [-0.39, 0.29) is 11.9 Å². The van der Waals surface area contributed by atoms with Crippen LogP contribution < -0.4 is 4.90 Å². The molecule has 0 saturated carbocycles.